The van der Waals surface area contributed by atoms with Gasteiger partial charge in [0.15, 0.2) is 0 Å². The second-order valence-corrected chi connectivity index (χ2v) is 4.11. The Morgan fingerprint density at radius 1 is 1.77 bits per heavy atom. The van der Waals surface area contributed by atoms with Crippen molar-refractivity contribution in [3.63, 3.8) is 0 Å². The second kappa shape index (κ2) is 3.83. The first-order chi connectivity index (χ1) is 6.36. The Morgan fingerprint density at radius 3 is 3.31 bits per heavy atom. The molecule has 0 aliphatic carbocycles. The molecule has 2 rings (SSSR count). The van der Waals surface area contributed by atoms with Crippen molar-refractivity contribution >= 4 is 23.4 Å². The molecule has 1 unspecified atom stereocenters. The Hall–Kier alpha value is -0.970. The third-order valence-corrected chi connectivity index (χ3v) is 3.16. The minimum Gasteiger partial charge on any atom is -0.363 e. The van der Waals surface area contributed by atoms with Gasteiger partial charge < -0.3 is 9.84 Å². The van der Waals surface area contributed by atoms with Gasteiger partial charge in [0, 0.05) is 11.7 Å². The Balaban J connectivity index is 1.91. The molecule has 4 nitrogen and oxygen atoms in total. The fraction of sp³-hybridized carbons (Fsp3) is 0.500. The number of nitrogens with zero attached hydrogens (tertiary/aromatic N) is 1. The summed E-state index contributed by atoms with van der Waals surface area (Å²) in [4.78, 5) is 11.5. The van der Waals surface area contributed by atoms with Gasteiger partial charge in [-0.15, -0.1) is 0 Å². The van der Waals surface area contributed by atoms with Crippen molar-refractivity contribution in [1.29, 1.82) is 0 Å². The van der Waals surface area contributed by atoms with Crippen LogP contribution in [-0.2, 0) is 4.79 Å². The predicted octanol–water partition coefficient (Wildman–Crippen LogP) is 1.37. The molecule has 0 saturated carbocycles. The molecule has 1 atom stereocenters. The molecule has 1 aromatic rings. The van der Waals surface area contributed by atoms with Crippen LogP contribution >= 0.6 is 11.8 Å². The SMILES string of the molecule is O=C(Nc1cnoc1)C1CCSC1. The van der Waals surface area contributed by atoms with Crippen LogP contribution in [0.15, 0.2) is 17.0 Å². The first-order valence-electron chi connectivity index (χ1n) is 4.14. The molecule has 2 heterocycles. The van der Waals surface area contributed by atoms with Crippen LogP contribution in [0.2, 0.25) is 0 Å². The number of hydrogen-bond donors (Lipinski definition) is 1. The Bertz CT molecular complexity index is 280. The highest BCUT2D eigenvalue weighted by molar-refractivity contribution is 7.99. The number of rotatable bonds is 2. The van der Waals surface area contributed by atoms with Crippen molar-refractivity contribution in [1.82, 2.24) is 5.16 Å². The minimum atomic E-state index is 0.0770. The number of nitrogens with one attached hydrogen (secondary N) is 1. The lowest BCUT2D eigenvalue weighted by Gasteiger charge is -2.06. The van der Waals surface area contributed by atoms with E-state index in [1.54, 1.807) is 0 Å². The molecule has 0 bridgehead atoms. The zero-order valence-electron chi connectivity index (χ0n) is 7.03. The van der Waals surface area contributed by atoms with Crippen molar-refractivity contribution < 1.29 is 9.32 Å². The average Bonchev–Trinajstić information content (AvgIpc) is 2.74. The van der Waals surface area contributed by atoms with Crippen molar-refractivity contribution in [2.75, 3.05) is 16.8 Å². The molecule has 1 aliphatic rings. The smallest absolute Gasteiger partial charge is 0.228 e. The zero-order chi connectivity index (χ0) is 9.10. The van der Waals surface area contributed by atoms with Crippen LogP contribution in [0.25, 0.3) is 0 Å². The van der Waals surface area contributed by atoms with Gasteiger partial charge in [0.25, 0.3) is 0 Å². The second-order valence-electron chi connectivity index (χ2n) is 2.96. The predicted molar refractivity (Wildman–Crippen MR) is 50.6 cm³/mol. The van der Waals surface area contributed by atoms with E-state index in [9.17, 15) is 4.79 Å². The normalized spacial score (nSPS) is 21.7. The van der Waals surface area contributed by atoms with E-state index in [-0.39, 0.29) is 11.8 Å². The summed E-state index contributed by atoms with van der Waals surface area (Å²) < 4.78 is 4.61. The molecule has 1 fully saturated rings. The molecule has 1 aliphatic heterocycles. The molecule has 1 saturated heterocycles. The summed E-state index contributed by atoms with van der Waals surface area (Å²) in [5, 5.41) is 6.26. The highest BCUT2D eigenvalue weighted by Gasteiger charge is 2.23. The maximum absolute atomic E-state index is 11.5. The van der Waals surface area contributed by atoms with Crippen LogP contribution in [0.5, 0.6) is 0 Å². The molecule has 1 amide bonds. The van der Waals surface area contributed by atoms with Gasteiger partial charge in [-0.25, -0.2) is 0 Å². The molecule has 70 valence electrons. The van der Waals surface area contributed by atoms with Crippen LogP contribution in [0, 0.1) is 5.92 Å². The van der Waals surface area contributed by atoms with Crippen molar-refractivity contribution in [3.8, 4) is 0 Å². The molecule has 13 heavy (non-hydrogen) atoms. The largest absolute Gasteiger partial charge is 0.363 e. The van der Waals surface area contributed by atoms with Gasteiger partial charge in [0.1, 0.15) is 12.0 Å². The maximum atomic E-state index is 11.5. The standard InChI is InChI=1S/C8H10N2O2S/c11-8(6-1-2-13-5-6)10-7-3-9-12-4-7/h3-4,6H,1-2,5H2,(H,10,11). The Kier molecular flexibility index (Phi) is 2.54. The molecule has 1 N–H and O–H groups in total. The third kappa shape index (κ3) is 2.03. The lowest BCUT2D eigenvalue weighted by atomic mass is 10.1. The van der Waals surface area contributed by atoms with Crippen molar-refractivity contribution in [2.45, 2.75) is 6.42 Å². The summed E-state index contributed by atoms with van der Waals surface area (Å²) in [6.07, 6.45) is 3.90. The van der Waals surface area contributed by atoms with E-state index < -0.39 is 0 Å². The molecule has 0 aromatic carbocycles. The van der Waals surface area contributed by atoms with Crippen LogP contribution in [0.1, 0.15) is 6.42 Å². The van der Waals surface area contributed by atoms with E-state index in [1.165, 1.54) is 12.5 Å². The molecule has 1 aromatic heterocycles. The number of aromatic nitrogens is 1. The highest BCUT2D eigenvalue weighted by Crippen LogP contribution is 2.24. The zero-order valence-corrected chi connectivity index (χ0v) is 7.84. The molecule has 0 spiro atoms. The van der Waals surface area contributed by atoms with Gasteiger partial charge in [-0.2, -0.15) is 11.8 Å². The number of hydrogen-bond acceptors (Lipinski definition) is 4. The van der Waals surface area contributed by atoms with E-state index in [4.69, 9.17) is 0 Å². The van der Waals surface area contributed by atoms with Crippen LogP contribution in [0.4, 0.5) is 5.69 Å². The van der Waals surface area contributed by atoms with E-state index in [0.717, 1.165) is 17.9 Å². The van der Waals surface area contributed by atoms with Gasteiger partial charge >= 0.3 is 0 Å². The average molecular weight is 198 g/mol. The maximum Gasteiger partial charge on any atom is 0.228 e. The fourth-order valence-electron chi connectivity index (χ4n) is 1.25. The van der Waals surface area contributed by atoms with E-state index in [2.05, 4.69) is 15.0 Å². The van der Waals surface area contributed by atoms with Crippen molar-refractivity contribution in [2.24, 2.45) is 5.92 Å². The minimum absolute atomic E-state index is 0.0770. The topological polar surface area (TPSA) is 55.1 Å². The van der Waals surface area contributed by atoms with Gasteiger partial charge in [0.2, 0.25) is 5.91 Å². The highest BCUT2D eigenvalue weighted by atomic mass is 32.2. The van der Waals surface area contributed by atoms with Gasteiger partial charge in [0.05, 0.1) is 6.20 Å². The summed E-state index contributed by atoms with van der Waals surface area (Å²) in [7, 11) is 0. The molecular weight excluding hydrogens is 188 g/mol. The monoisotopic (exact) mass is 198 g/mol. The molecular formula is C8H10N2O2S. The van der Waals surface area contributed by atoms with Gasteiger partial charge in [-0.1, -0.05) is 5.16 Å². The van der Waals surface area contributed by atoms with E-state index in [1.807, 2.05) is 11.8 Å². The third-order valence-electron chi connectivity index (χ3n) is 2.00. The van der Waals surface area contributed by atoms with E-state index >= 15 is 0 Å². The number of carbonyl (C=O) groups is 1. The van der Waals surface area contributed by atoms with E-state index in [0.29, 0.717) is 5.69 Å². The molecule has 5 heteroatoms. The molecule has 0 radical (unpaired) electrons. The Morgan fingerprint density at radius 2 is 2.69 bits per heavy atom. The lowest BCUT2D eigenvalue weighted by molar-refractivity contribution is -0.119. The van der Waals surface area contributed by atoms with Gasteiger partial charge in [-0.05, 0) is 12.2 Å². The lowest BCUT2D eigenvalue weighted by Crippen LogP contribution is -2.21. The van der Waals surface area contributed by atoms with Crippen LogP contribution < -0.4 is 5.32 Å². The summed E-state index contributed by atoms with van der Waals surface area (Å²) in [5.41, 5.74) is 0.641. The quantitative estimate of drug-likeness (QED) is 0.779. The number of carbonyl (C=O) groups excluding carboxylic acids is 1. The van der Waals surface area contributed by atoms with Crippen LogP contribution in [0.3, 0.4) is 0 Å². The number of thioether (sulfide) groups is 1. The fourth-order valence-corrected chi connectivity index (χ4v) is 2.47. The first-order valence-corrected chi connectivity index (χ1v) is 5.30. The number of amides is 1. The Labute approximate surface area is 80.1 Å². The summed E-state index contributed by atoms with van der Waals surface area (Å²) in [5.74, 6) is 2.24. The van der Waals surface area contributed by atoms with Crippen LogP contribution in [-0.4, -0.2) is 22.6 Å². The number of anilines is 1. The van der Waals surface area contributed by atoms with Crippen molar-refractivity contribution in [3.05, 3.63) is 12.5 Å². The summed E-state index contributed by atoms with van der Waals surface area (Å²) in [6, 6.07) is 0. The summed E-state index contributed by atoms with van der Waals surface area (Å²) >= 11 is 1.82. The summed E-state index contributed by atoms with van der Waals surface area (Å²) in [6.45, 7) is 0. The first kappa shape index (κ1) is 8.62. The van der Waals surface area contributed by atoms with Gasteiger partial charge in [-0.3, -0.25) is 4.79 Å².